The van der Waals surface area contributed by atoms with Crippen molar-refractivity contribution in [3.63, 3.8) is 0 Å². The molecule has 1 saturated heterocycles. The Hall–Kier alpha value is -4.38. The van der Waals surface area contributed by atoms with E-state index in [2.05, 4.69) is 0 Å². The van der Waals surface area contributed by atoms with Crippen LogP contribution in [-0.2, 0) is 28.5 Å². The van der Waals surface area contributed by atoms with Crippen LogP contribution in [0.3, 0.4) is 0 Å². The van der Waals surface area contributed by atoms with Crippen LogP contribution in [-0.4, -0.2) is 59.5 Å². The summed E-state index contributed by atoms with van der Waals surface area (Å²) < 4.78 is 42.2. The van der Waals surface area contributed by atoms with Gasteiger partial charge in [0.15, 0.2) is 6.10 Å². The Morgan fingerprint density at radius 2 is 1.36 bits per heavy atom. The van der Waals surface area contributed by atoms with Gasteiger partial charge >= 0.3 is 23.9 Å². The predicted octanol–water partition coefficient (Wildman–Crippen LogP) is 5.39. The fourth-order valence-electron chi connectivity index (χ4n) is 7.89. The van der Waals surface area contributed by atoms with Crippen molar-refractivity contribution in [2.75, 3.05) is 0 Å². The summed E-state index contributed by atoms with van der Waals surface area (Å²) in [6.45, 7) is 8.75. The van der Waals surface area contributed by atoms with Crippen LogP contribution in [0.25, 0.3) is 0 Å². The summed E-state index contributed by atoms with van der Waals surface area (Å²) in [5.41, 5.74) is -3.26. The number of carbonyl (C=O) groups is 4. The minimum absolute atomic E-state index is 0.0195. The first-order valence-corrected chi connectivity index (χ1v) is 15.0. The summed E-state index contributed by atoms with van der Waals surface area (Å²) in [5, 5.41) is 0. The number of fused-ring (bicyclic) bond motifs is 1. The van der Waals surface area contributed by atoms with Gasteiger partial charge in [-0.1, -0.05) is 25.1 Å². The van der Waals surface area contributed by atoms with Gasteiger partial charge in [0.2, 0.25) is 11.5 Å². The molecule has 0 unspecified atom stereocenters. The highest BCUT2D eigenvalue weighted by Gasteiger charge is 2.80. The lowest BCUT2D eigenvalue weighted by Crippen LogP contribution is -2.76. The molecule has 238 valence electrons. The first kappa shape index (κ1) is 30.6. The van der Waals surface area contributed by atoms with E-state index in [4.69, 9.17) is 32.5 Å². The molecule has 3 heterocycles. The lowest BCUT2D eigenvalue weighted by atomic mass is 9.48. The van der Waals surface area contributed by atoms with Gasteiger partial charge in [0.05, 0.1) is 29.1 Å². The molecule has 11 heteroatoms. The van der Waals surface area contributed by atoms with E-state index in [0.717, 1.165) is 0 Å². The first-order valence-electron chi connectivity index (χ1n) is 15.0. The maximum Gasteiger partial charge on any atom is 0.374 e. The molecule has 3 aromatic rings. The third-order valence-electron chi connectivity index (χ3n) is 9.83. The summed E-state index contributed by atoms with van der Waals surface area (Å²) in [6, 6.07) is 14.7. The second kappa shape index (κ2) is 11.2. The molecule has 45 heavy (non-hydrogen) atoms. The normalized spacial score (nSPS) is 33.0. The van der Waals surface area contributed by atoms with Crippen LogP contribution in [0, 0.1) is 17.3 Å². The zero-order valence-corrected chi connectivity index (χ0v) is 25.7. The molecule has 1 aliphatic heterocycles. The molecule has 1 spiro atoms. The van der Waals surface area contributed by atoms with Gasteiger partial charge in [-0.05, 0) is 75.9 Å². The van der Waals surface area contributed by atoms with E-state index >= 15 is 0 Å². The fourth-order valence-corrected chi connectivity index (χ4v) is 7.89. The van der Waals surface area contributed by atoms with Crippen LogP contribution in [0.1, 0.15) is 78.9 Å². The van der Waals surface area contributed by atoms with Gasteiger partial charge in [-0.2, -0.15) is 0 Å². The Morgan fingerprint density at radius 3 is 1.93 bits per heavy atom. The fraction of sp³-hybridized carbons (Fsp3) is 0.471. The van der Waals surface area contributed by atoms with Gasteiger partial charge in [0, 0.05) is 12.8 Å². The van der Waals surface area contributed by atoms with Crippen molar-refractivity contribution in [2.24, 2.45) is 17.3 Å². The number of rotatable bonds is 7. The molecule has 0 amide bonds. The largest absolute Gasteiger partial charge is 0.458 e. The van der Waals surface area contributed by atoms with E-state index in [0.29, 0.717) is 5.56 Å². The standard InChI is InChI=1S/C34H36O11/c1-19-17-25(42-30(37)23-13-9-15-39-23)28(41-20(2)35)33(5)26(43-29(36)21-11-7-6-8-12-21)18-22-27(34(19,33)45-32(22,3)4)44-31(38)24-14-10-16-40-24/h6-16,19,22,25-28H,17-18H2,1-5H3/t19-,22-,25+,26+,27-,28+,33-,34-/m1/s1. The van der Waals surface area contributed by atoms with Crippen LogP contribution in [0.2, 0.25) is 0 Å². The highest BCUT2D eigenvalue weighted by molar-refractivity contribution is 5.89. The number of carbonyl (C=O) groups excluding carboxylic acids is 4. The quantitative estimate of drug-likeness (QED) is 0.248. The second-order valence-electron chi connectivity index (χ2n) is 12.8. The van der Waals surface area contributed by atoms with Crippen LogP contribution >= 0.6 is 0 Å². The van der Waals surface area contributed by atoms with Gasteiger partial charge in [0.1, 0.15) is 23.9 Å². The number of ether oxygens (including phenoxy) is 5. The maximum atomic E-state index is 13.6. The van der Waals surface area contributed by atoms with E-state index in [1.54, 1.807) is 49.4 Å². The molecule has 2 saturated carbocycles. The summed E-state index contributed by atoms with van der Waals surface area (Å²) >= 11 is 0. The van der Waals surface area contributed by atoms with Crippen LogP contribution in [0.15, 0.2) is 76.0 Å². The van der Waals surface area contributed by atoms with E-state index < -0.39 is 76.7 Å². The number of furan rings is 2. The van der Waals surface area contributed by atoms with Crippen molar-refractivity contribution in [3.05, 3.63) is 84.2 Å². The van der Waals surface area contributed by atoms with Crippen LogP contribution in [0.5, 0.6) is 0 Å². The van der Waals surface area contributed by atoms with E-state index in [1.165, 1.54) is 31.6 Å². The molecule has 2 bridgehead atoms. The van der Waals surface area contributed by atoms with Crippen LogP contribution in [0.4, 0.5) is 0 Å². The summed E-state index contributed by atoms with van der Waals surface area (Å²) in [7, 11) is 0. The molecular weight excluding hydrogens is 584 g/mol. The molecule has 8 atom stereocenters. The molecule has 2 aromatic heterocycles. The zero-order valence-electron chi connectivity index (χ0n) is 25.7. The van der Waals surface area contributed by atoms with E-state index in [1.807, 2.05) is 20.8 Å². The van der Waals surface area contributed by atoms with Gasteiger partial charge < -0.3 is 32.5 Å². The third-order valence-corrected chi connectivity index (χ3v) is 9.83. The summed E-state index contributed by atoms with van der Waals surface area (Å²) in [4.78, 5) is 52.9. The van der Waals surface area contributed by atoms with E-state index in [-0.39, 0.29) is 24.4 Å². The van der Waals surface area contributed by atoms with Crippen molar-refractivity contribution in [1.82, 2.24) is 0 Å². The Morgan fingerprint density at radius 1 is 0.733 bits per heavy atom. The molecule has 1 aromatic carbocycles. The minimum atomic E-state index is -1.38. The Bertz CT molecular complexity index is 1560. The van der Waals surface area contributed by atoms with Crippen molar-refractivity contribution in [1.29, 1.82) is 0 Å². The Balaban J connectivity index is 1.48. The van der Waals surface area contributed by atoms with Crippen molar-refractivity contribution in [2.45, 2.75) is 83.1 Å². The second-order valence-corrected chi connectivity index (χ2v) is 12.8. The SMILES string of the molecule is CC(=O)O[C@H]1[C@@H](OC(=O)c2ccco2)C[C@@H](C)[C@]23OC(C)(C)[C@H](C[C@H](OC(=O)c4ccccc4)[C@]12C)[C@H]3OC(=O)c1ccco1. The van der Waals surface area contributed by atoms with Gasteiger partial charge in [0.25, 0.3) is 0 Å². The first-order chi connectivity index (χ1) is 21.4. The van der Waals surface area contributed by atoms with Crippen LogP contribution < -0.4 is 0 Å². The predicted molar refractivity (Wildman–Crippen MR) is 155 cm³/mol. The molecule has 3 fully saturated rings. The molecule has 2 aliphatic carbocycles. The summed E-state index contributed by atoms with van der Waals surface area (Å²) in [5.74, 6) is -3.52. The number of esters is 4. The average Bonchev–Trinajstić information content (AvgIpc) is 3.76. The highest BCUT2D eigenvalue weighted by Crippen LogP contribution is 2.68. The molecule has 3 aliphatic rings. The molecule has 0 N–H and O–H groups in total. The van der Waals surface area contributed by atoms with Gasteiger partial charge in [-0.25, -0.2) is 14.4 Å². The third kappa shape index (κ3) is 4.93. The van der Waals surface area contributed by atoms with E-state index in [9.17, 15) is 19.2 Å². The molecule has 0 radical (unpaired) electrons. The van der Waals surface area contributed by atoms with Gasteiger partial charge in [-0.15, -0.1) is 0 Å². The molecule has 6 rings (SSSR count). The zero-order chi connectivity index (χ0) is 32.1. The highest BCUT2D eigenvalue weighted by atomic mass is 16.6. The lowest BCUT2D eigenvalue weighted by Gasteiger charge is -2.62. The Kier molecular flexibility index (Phi) is 7.63. The topological polar surface area (TPSA) is 141 Å². The summed E-state index contributed by atoms with van der Waals surface area (Å²) in [6.07, 6.45) is -0.818. The van der Waals surface area contributed by atoms with Crippen molar-refractivity contribution in [3.8, 4) is 0 Å². The maximum absolute atomic E-state index is 13.6. The number of hydrogen-bond donors (Lipinski definition) is 0. The number of hydrogen-bond acceptors (Lipinski definition) is 11. The molecular formula is C34H36O11. The lowest BCUT2D eigenvalue weighted by molar-refractivity contribution is -0.300. The van der Waals surface area contributed by atoms with Gasteiger partial charge in [-0.3, -0.25) is 4.79 Å². The smallest absolute Gasteiger partial charge is 0.374 e. The number of benzene rings is 1. The monoisotopic (exact) mass is 620 g/mol. The Labute approximate surface area is 260 Å². The molecule has 11 nitrogen and oxygen atoms in total. The van der Waals surface area contributed by atoms with Crippen molar-refractivity contribution >= 4 is 23.9 Å². The average molecular weight is 621 g/mol. The van der Waals surface area contributed by atoms with Crippen molar-refractivity contribution < 1.29 is 51.7 Å². The minimum Gasteiger partial charge on any atom is -0.458 e.